The van der Waals surface area contributed by atoms with Gasteiger partial charge >= 0.3 is 0 Å². The fourth-order valence-electron chi connectivity index (χ4n) is 3.06. The zero-order valence-corrected chi connectivity index (χ0v) is 16.0. The maximum absolute atomic E-state index is 13.1. The van der Waals surface area contributed by atoms with Crippen LogP contribution in [0.3, 0.4) is 0 Å². The molecule has 0 aliphatic carbocycles. The molecule has 0 N–H and O–H groups in total. The predicted molar refractivity (Wildman–Crippen MR) is 112 cm³/mol. The molecule has 0 unspecified atom stereocenters. The largest absolute Gasteiger partial charge is 0.497 e. The van der Waals surface area contributed by atoms with Crippen molar-refractivity contribution in [3.8, 4) is 22.8 Å². The quantitative estimate of drug-likeness (QED) is 0.334. The molecule has 0 aliphatic heterocycles. The summed E-state index contributed by atoms with van der Waals surface area (Å²) in [7, 11) is 1.57. The van der Waals surface area contributed by atoms with Gasteiger partial charge in [0.2, 0.25) is 11.2 Å². The van der Waals surface area contributed by atoms with Gasteiger partial charge in [-0.3, -0.25) is 14.9 Å². The van der Waals surface area contributed by atoms with E-state index in [-0.39, 0.29) is 23.5 Å². The molecular weight excluding hydrogens is 386 g/mol. The molecule has 7 nitrogen and oxygen atoms in total. The van der Waals surface area contributed by atoms with Crippen molar-refractivity contribution in [3.63, 3.8) is 0 Å². The number of nitrogens with zero attached hydrogens (tertiary/aromatic N) is 1. The Labute approximate surface area is 171 Å². The van der Waals surface area contributed by atoms with Gasteiger partial charge in [-0.15, -0.1) is 0 Å². The monoisotopic (exact) mass is 403 g/mol. The maximum atomic E-state index is 13.1. The Balaban J connectivity index is 1.75. The first-order valence-corrected chi connectivity index (χ1v) is 9.13. The van der Waals surface area contributed by atoms with E-state index < -0.39 is 4.92 Å². The summed E-state index contributed by atoms with van der Waals surface area (Å²) in [4.78, 5) is 23.5. The molecule has 0 spiro atoms. The van der Waals surface area contributed by atoms with Gasteiger partial charge in [0.05, 0.1) is 17.4 Å². The molecule has 0 radical (unpaired) electrons. The fourth-order valence-corrected chi connectivity index (χ4v) is 3.06. The molecule has 3 aromatic carbocycles. The minimum absolute atomic E-state index is 0.0112. The Bertz CT molecular complexity index is 1260. The maximum Gasteiger partial charge on any atom is 0.269 e. The zero-order chi connectivity index (χ0) is 21.1. The molecule has 7 heteroatoms. The minimum atomic E-state index is -0.468. The molecule has 0 bridgehead atoms. The number of nitro groups is 1. The van der Waals surface area contributed by atoms with E-state index in [1.54, 1.807) is 67.8 Å². The van der Waals surface area contributed by atoms with E-state index in [0.717, 1.165) is 0 Å². The Morgan fingerprint density at radius 2 is 1.67 bits per heavy atom. The second-order valence-corrected chi connectivity index (χ2v) is 6.53. The van der Waals surface area contributed by atoms with Crippen LogP contribution in [0.25, 0.3) is 22.3 Å². The first-order valence-electron chi connectivity index (χ1n) is 9.13. The Morgan fingerprint density at radius 3 is 2.33 bits per heavy atom. The van der Waals surface area contributed by atoms with Gasteiger partial charge in [-0.2, -0.15) is 0 Å². The predicted octanol–water partition coefficient (Wildman–Crippen LogP) is 4.96. The van der Waals surface area contributed by atoms with E-state index in [2.05, 4.69) is 0 Å². The Hall–Kier alpha value is -4.13. The van der Waals surface area contributed by atoms with Crippen LogP contribution in [0.1, 0.15) is 5.56 Å². The zero-order valence-electron chi connectivity index (χ0n) is 16.0. The van der Waals surface area contributed by atoms with Crippen molar-refractivity contribution in [2.45, 2.75) is 6.61 Å². The van der Waals surface area contributed by atoms with Gasteiger partial charge in [-0.1, -0.05) is 12.1 Å². The van der Waals surface area contributed by atoms with E-state index >= 15 is 0 Å². The molecule has 0 atom stereocenters. The molecule has 30 heavy (non-hydrogen) atoms. The van der Waals surface area contributed by atoms with Gasteiger partial charge in [-0.25, -0.2) is 0 Å². The first-order chi connectivity index (χ1) is 14.6. The number of methoxy groups -OCH3 is 1. The van der Waals surface area contributed by atoms with Crippen LogP contribution in [-0.4, -0.2) is 12.0 Å². The van der Waals surface area contributed by atoms with E-state index in [4.69, 9.17) is 13.9 Å². The molecule has 0 fully saturated rings. The highest BCUT2D eigenvalue weighted by atomic mass is 16.6. The third kappa shape index (κ3) is 3.73. The lowest BCUT2D eigenvalue weighted by Crippen LogP contribution is -2.10. The highest BCUT2D eigenvalue weighted by molar-refractivity contribution is 5.82. The van der Waals surface area contributed by atoms with E-state index in [1.165, 1.54) is 12.1 Å². The molecule has 1 aromatic heterocycles. The van der Waals surface area contributed by atoms with Crippen LogP contribution in [0, 0.1) is 10.1 Å². The fraction of sp³-hybridized carbons (Fsp3) is 0.0870. The van der Waals surface area contributed by atoms with Crippen LogP contribution >= 0.6 is 0 Å². The molecule has 4 aromatic rings. The van der Waals surface area contributed by atoms with Crippen molar-refractivity contribution >= 4 is 16.7 Å². The van der Waals surface area contributed by atoms with Crippen molar-refractivity contribution in [2.75, 3.05) is 7.11 Å². The van der Waals surface area contributed by atoms with Crippen molar-refractivity contribution in [3.05, 3.63) is 98.7 Å². The minimum Gasteiger partial charge on any atom is -0.497 e. The number of nitro benzene ring substituents is 1. The summed E-state index contributed by atoms with van der Waals surface area (Å²) in [5.74, 6) is 1.07. The smallest absolute Gasteiger partial charge is 0.269 e. The molecule has 0 amide bonds. The average Bonchev–Trinajstić information content (AvgIpc) is 2.78. The normalized spacial score (nSPS) is 10.7. The summed E-state index contributed by atoms with van der Waals surface area (Å²) in [5, 5.41) is 11.2. The van der Waals surface area contributed by atoms with Gasteiger partial charge in [0, 0.05) is 17.7 Å². The van der Waals surface area contributed by atoms with Gasteiger partial charge in [0.15, 0.2) is 5.76 Å². The van der Waals surface area contributed by atoms with Crippen molar-refractivity contribution in [2.24, 2.45) is 0 Å². The number of benzene rings is 3. The molecule has 4 rings (SSSR count). The number of para-hydroxylation sites is 1. The molecule has 150 valence electrons. The van der Waals surface area contributed by atoms with Gasteiger partial charge in [-0.05, 0) is 54.1 Å². The van der Waals surface area contributed by atoms with Crippen molar-refractivity contribution in [1.29, 1.82) is 0 Å². The van der Waals surface area contributed by atoms with Crippen LogP contribution in [0.15, 0.2) is 82.0 Å². The SMILES string of the molecule is COc1ccc(-c2oc3ccccc3c(=O)c2OCc2ccc([N+](=O)[O-])cc2)cc1. The van der Waals surface area contributed by atoms with Crippen LogP contribution in [0.4, 0.5) is 5.69 Å². The topological polar surface area (TPSA) is 91.8 Å². The standard InChI is InChI=1S/C23H17NO6/c1-28-18-12-8-16(9-13-18)22-23(21(25)19-4-2-3-5-20(19)30-22)29-14-15-6-10-17(11-7-15)24(26)27/h2-13H,14H2,1H3. The van der Waals surface area contributed by atoms with Gasteiger partial charge < -0.3 is 13.9 Å². The number of non-ortho nitro benzene ring substituents is 1. The van der Waals surface area contributed by atoms with Crippen LogP contribution in [0.5, 0.6) is 11.5 Å². The summed E-state index contributed by atoms with van der Waals surface area (Å²) in [6, 6.07) is 20.0. The lowest BCUT2D eigenvalue weighted by Gasteiger charge is -2.12. The Morgan fingerprint density at radius 1 is 0.967 bits per heavy atom. The summed E-state index contributed by atoms with van der Waals surface area (Å²) in [5.41, 5.74) is 1.51. The lowest BCUT2D eigenvalue weighted by atomic mass is 10.1. The van der Waals surface area contributed by atoms with Gasteiger partial charge in [0.25, 0.3) is 5.69 Å². The van der Waals surface area contributed by atoms with Crippen LogP contribution < -0.4 is 14.9 Å². The van der Waals surface area contributed by atoms with Crippen LogP contribution in [-0.2, 0) is 6.61 Å². The number of hydrogen-bond acceptors (Lipinski definition) is 6. The van der Waals surface area contributed by atoms with E-state index in [1.807, 2.05) is 0 Å². The van der Waals surface area contributed by atoms with E-state index in [9.17, 15) is 14.9 Å². The summed E-state index contributed by atoms with van der Waals surface area (Å²) in [6.45, 7) is 0.0598. The second-order valence-electron chi connectivity index (χ2n) is 6.53. The van der Waals surface area contributed by atoms with Crippen molar-refractivity contribution in [1.82, 2.24) is 0 Å². The molecule has 1 heterocycles. The average molecular weight is 403 g/mol. The first kappa shape index (κ1) is 19.2. The summed E-state index contributed by atoms with van der Waals surface area (Å²) in [6.07, 6.45) is 0. The van der Waals surface area contributed by atoms with Gasteiger partial charge in [0.1, 0.15) is 17.9 Å². The highest BCUT2D eigenvalue weighted by Gasteiger charge is 2.18. The molecular formula is C23H17NO6. The number of rotatable bonds is 6. The van der Waals surface area contributed by atoms with Crippen LogP contribution in [0.2, 0.25) is 0 Å². The number of fused-ring (bicyclic) bond motifs is 1. The third-order valence-electron chi connectivity index (χ3n) is 4.64. The summed E-state index contributed by atoms with van der Waals surface area (Å²) >= 11 is 0. The molecule has 0 saturated carbocycles. The molecule has 0 saturated heterocycles. The second kappa shape index (κ2) is 8.08. The van der Waals surface area contributed by atoms with Crippen molar-refractivity contribution < 1.29 is 18.8 Å². The summed E-state index contributed by atoms with van der Waals surface area (Å²) < 4.78 is 17.1. The Kier molecular flexibility index (Phi) is 5.17. The third-order valence-corrected chi connectivity index (χ3v) is 4.64. The lowest BCUT2D eigenvalue weighted by molar-refractivity contribution is -0.384. The number of hydrogen-bond donors (Lipinski definition) is 0. The molecule has 0 aliphatic rings. The number of ether oxygens (including phenoxy) is 2. The highest BCUT2D eigenvalue weighted by Crippen LogP contribution is 2.32. The van der Waals surface area contributed by atoms with E-state index in [0.29, 0.717) is 33.6 Å².